The number of amides is 1. The topological polar surface area (TPSA) is 46.9 Å². The van der Waals surface area contributed by atoms with Gasteiger partial charge >= 0.3 is 0 Å². The Labute approximate surface area is 141 Å². The largest absolute Gasteiger partial charge is 0.326 e. The summed E-state index contributed by atoms with van der Waals surface area (Å²) >= 11 is 0. The average Bonchev–Trinajstić information content (AvgIpc) is 3.07. The van der Waals surface area contributed by atoms with Gasteiger partial charge in [0.15, 0.2) is 0 Å². The van der Waals surface area contributed by atoms with Crippen molar-refractivity contribution in [3.05, 3.63) is 54.9 Å². The van der Waals surface area contributed by atoms with Crippen LogP contribution in [-0.2, 0) is 4.79 Å². The van der Waals surface area contributed by atoms with Crippen molar-refractivity contribution in [2.24, 2.45) is 5.92 Å². The van der Waals surface area contributed by atoms with Gasteiger partial charge in [0.2, 0.25) is 5.91 Å². The number of nitrogens with one attached hydrogen (secondary N) is 1. The number of nitrogens with zero attached hydrogens (tertiary/aromatic N) is 2. The fraction of sp³-hybridized carbons (Fsp3) is 0.300. The summed E-state index contributed by atoms with van der Waals surface area (Å²) in [6.45, 7) is 0. The number of para-hydroxylation sites is 2. The van der Waals surface area contributed by atoms with Crippen molar-refractivity contribution in [3.63, 3.8) is 0 Å². The van der Waals surface area contributed by atoms with Crippen LogP contribution in [0.25, 0.3) is 16.7 Å². The Kier molecular flexibility index (Phi) is 4.03. The van der Waals surface area contributed by atoms with Gasteiger partial charge in [-0.25, -0.2) is 4.98 Å². The highest BCUT2D eigenvalue weighted by molar-refractivity contribution is 5.92. The number of carbonyl (C=O) groups is 1. The van der Waals surface area contributed by atoms with Crippen molar-refractivity contribution < 1.29 is 4.79 Å². The highest BCUT2D eigenvalue weighted by Gasteiger charge is 2.20. The van der Waals surface area contributed by atoms with Gasteiger partial charge in [-0.15, -0.1) is 0 Å². The number of carbonyl (C=O) groups excluding carboxylic acids is 1. The molecule has 1 heterocycles. The van der Waals surface area contributed by atoms with Gasteiger partial charge in [0.25, 0.3) is 0 Å². The van der Waals surface area contributed by atoms with E-state index in [-0.39, 0.29) is 11.8 Å². The Morgan fingerprint density at radius 3 is 2.54 bits per heavy atom. The molecule has 0 aliphatic heterocycles. The highest BCUT2D eigenvalue weighted by Crippen LogP contribution is 2.25. The molecule has 0 bridgehead atoms. The lowest BCUT2D eigenvalue weighted by atomic mass is 9.88. The summed E-state index contributed by atoms with van der Waals surface area (Å²) < 4.78 is 2.06. The Hall–Kier alpha value is -2.62. The third kappa shape index (κ3) is 2.92. The molecule has 4 nitrogen and oxygen atoms in total. The molecule has 1 aliphatic rings. The van der Waals surface area contributed by atoms with Crippen molar-refractivity contribution >= 4 is 22.6 Å². The number of fused-ring (bicyclic) bond motifs is 1. The average molecular weight is 319 g/mol. The van der Waals surface area contributed by atoms with E-state index in [1.807, 2.05) is 48.8 Å². The minimum Gasteiger partial charge on any atom is -0.326 e. The maximum atomic E-state index is 12.3. The van der Waals surface area contributed by atoms with Gasteiger partial charge in [0.05, 0.1) is 11.0 Å². The summed E-state index contributed by atoms with van der Waals surface area (Å²) in [5, 5.41) is 3.06. The van der Waals surface area contributed by atoms with Gasteiger partial charge in [-0.2, -0.15) is 0 Å². The normalized spacial score (nSPS) is 15.5. The zero-order chi connectivity index (χ0) is 16.4. The van der Waals surface area contributed by atoms with Gasteiger partial charge in [0.1, 0.15) is 6.33 Å². The van der Waals surface area contributed by atoms with E-state index < -0.39 is 0 Å². The van der Waals surface area contributed by atoms with Crippen LogP contribution in [-0.4, -0.2) is 15.5 Å². The molecule has 1 amide bonds. The van der Waals surface area contributed by atoms with E-state index in [1.54, 1.807) is 0 Å². The van der Waals surface area contributed by atoms with Crippen LogP contribution in [0.4, 0.5) is 5.69 Å². The zero-order valence-electron chi connectivity index (χ0n) is 13.6. The fourth-order valence-electron chi connectivity index (χ4n) is 3.48. The second-order valence-corrected chi connectivity index (χ2v) is 6.47. The smallest absolute Gasteiger partial charge is 0.227 e. The number of benzene rings is 2. The fourth-order valence-corrected chi connectivity index (χ4v) is 3.48. The van der Waals surface area contributed by atoms with Crippen LogP contribution >= 0.6 is 0 Å². The van der Waals surface area contributed by atoms with Crippen LogP contribution in [0.15, 0.2) is 54.9 Å². The van der Waals surface area contributed by atoms with Crippen molar-refractivity contribution in [2.45, 2.75) is 32.1 Å². The number of anilines is 1. The summed E-state index contributed by atoms with van der Waals surface area (Å²) in [6.07, 6.45) is 7.48. The molecule has 1 N–H and O–H groups in total. The molecule has 0 saturated heterocycles. The minimum atomic E-state index is 0.163. The Bertz CT molecular complexity index is 845. The molecule has 3 aromatic rings. The molecular weight excluding hydrogens is 298 g/mol. The van der Waals surface area contributed by atoms with Crippen molar-refractivity contribution in [3.8, 4) is 5.69 Å². The molecule has 2 aromatic carbocycles. The van der Waals surface area contributed by atoms with Gasteiger partial charge in [-0.1, -0.05) is 31.4 Å². The van der Waals surface area contributed by atoms with E-state index in [2.05, 4.69) is 20.9 Å². The highest BCUT2D eigenvalue weighted by atomic mass is 16.1. The van der Waals surface area contributed by atoms with Gasteiger partial charge < -0.3 is 5.32 Å². The van der Waals surface area contributed by atoms with E-state index in [9.17, 15) is 4.79 Å². The van der Waals surface area contributed by atoms with Crippen LogP contribution < -0.4 is 5.32 Å². The number of imidazole rings is 1. The van der Waals surface area contributed by atoms with Crippen LogP contribution in [0, 0.1) is 5.92 Å². The first-order valence-electron chi connectivity index (χ1n) is 8.65. The van der Waals surface area contributed by atoms with Crippen LogP contribution in [0.2, 0.25) is 0 Å². The van der Waals surface area contributed by atoms with Gasteiger partial charge in [0, 0.05) is 17.3 Å². The molecule has 1 aliphatic carbocycles. The van der Waals surface area contributed by atoms with E-state index in [1.165, 1.54) is 19.3 Å². The summed E-state index contributed by atoms with van der Waals surface area (Å²) in [5.74, 6) is 0.339. The third-order valence-corrected chi connectivity index (χ3v) is 4.84. The standard InChI is InChI=1S/C20H21N3O/c24-20(15-6-2-1-3-7-15)22-16-10-12-17(13-11-16)23-14-21-18-8-4-5-9-19(18)23/h4-5,8-15H,1-3,6-7H2,(H,22,24). The summed E-state index contributed by atoms with van der Waals surface area (Å²) in [7, 11) is 0. The lowest BCUT2D eigenvalue weighted by Gasteiger charge is -2.20. The molecule has 0 radical (unpaired) electrons. The van der Waals surface area contributed by atoms with Crippen molar-refractivity contribution in [1.82, 2.24) is 9.55 Å². The van der Waals surface area contributed by atoms with Gasteiger partial charge in [-0.05, 0) is 49.2 Å². The molecule has 1 aromatic heterocycles. The Morgan fingerprint density at radius 1 is 1.00 bits per heavy atom. The second-order valence-electron chi connectivity index (χ2n) is 6.47. The van der Waals surface area contributed by atoms with Crippen LogP contribution in [0.1, 0.15) is 32.1 Å². The molecular formula is C20H21N3O. The molecule has 1 fully saturated rings. The van der Waals surface area contributed by atoms with E-state index in [0.29, 0.717) is 0 Å². The van der Waals surface area contributed by atoms with E-state index in [4.69, 9.17) is 0 Å². The molecule has 4 rings (SSSR count). The molecule has 24 heavy (non-hydrogen) atoms. The van der Waals surface area contributed by atoms with Crippen LogP contribution in [0.5, 0.6) is 0 Å². The predicted molar refractivity (Wildman–Crippen MR) is 96.3 cm³/mol. The maximum absolute atomic E-state index is 12.3. The number of aromatic nitrogens is 2. The lowest BCUT2D eigenvalue weighted by Crippen LogP contribution is -2.24. The molecule has 0 spiro atoms. The summed E-state index contributed by atoms with van der Waals surface area (Å²) in [5.41, 5.74) is 3.96. The summed E-state index contributed by atoms with van der Waals surface area (Å²) in [4.78, 5) is 16.7. The van der Waals surface area contributed by atoms with Crippen LogP contribution in [0.3, 0.4) is 0 Å². The Morgan fingerprint density at radius 2 is 1.75 bits per heavy atom. The van der Waals surface area contributed by atoms with E-state index >= 15 is 0 Å². The number of hydrogen-bond acceptors (Lipinski definition) is 2. The number of rotatable bonds is 3. The predicted octanol–water partition coefficient (Wildman–Crippen LogP) is 4.54. The maximum Gasteiger partial charge on any atom is 0.227 e. The summed E-state index contributed by atoms with van der Waals surface area (Å²) in [6, 6.07) is 16.0. The Balaban J connectivity index is 1.51. The third-order valence-electron chi connectivity index (χ3n) is 4.84. The second kappa shape index (κ2) is 6.48. The quantitative estimate of drug-likeness (QED) is 0.770. The van der Waals surface area contributed by atoms with Crippen molar-refractivity contribution in [2.75, 3.05) is 5.32 Å². The molecule has 122 valence electrons. The van der Waals surface area contributed by atoms with E-state index in [0.717, 1.165) is 35.2 Å². The molecule has 0 atom stereocenters. The monoisotopic (exact) mass is 319 g/mol. The molecule has 4 heteroatoms. The first kappa shape index (κ1) is 14.9. The SMILES string of the molecule is O=C(Nc1ccc(-n2cnc3ccccc32)cc1)C1CCCCC1. The first-order valence-corrected chi connectivity index (χ1v) is 8.65. The zero-order valence-corrected chi connectivity index (χ0v) is 13.6. The molecule has 0 unspecified atom stereocenters. The van der Waals surface area contributed by atoms with Gasteiger partial charge in [-0.3, -0.25) is 9.36 Å². The van der Waals surface area contributed by atoms with Crippen molar-refractivity contribution in [1.29, 1.82) is 0 Å². The lowest BCUT2D eigenvalue weighted by molar-refractivity contribution is -0.120. The number of hydrogen-bond donors (Lipinski definition) is 1. The first-order chi connectivity index (χ1) is 11.8. The molecule has 1 saturated carbocycles. The minimum absolute atomic E-state index is 0.163.